The molecule has 96 valence electrons. The van der Waals surface area contributed by atoms with E-state index < -0.39 is 0 Å². The molecule has 3 N–H and O–H groups in total. The lowest BCUT2D eigenvalue weighted by Gasteiger charge is -2.27. The molecule has 18 heavy (non-hydrogen) atoms. The van der Waals surface area contributed by atoms with Crippen LogP contribution in [0.5, 0.6) is 0 Å². The molecule has 2 aliphatic rings. The number of nitrogens with one attached hydrogen (secondary N) is 1. The third kappa shape index (κ3) is 2.08. The fourth-order valence-electron chi connectivity index (χ4n) is 3.12. The first kappa shape index (κ1) is 11.5. The average molecular weight is 245 g/mol. The van der Waals surface area contributed by atoms with E-state index in [2.05, 4.69) is 10.2 Å². The van der Waals surface area contributed by atoms with Crippen molar-refractivity contribution in [2.24, 2.45) is 5.73 Å². The highest BCUT2D eigenvalue weighted by molar-refractivity contribution is 5.98. The van der Waals surface area contributed by atoms with E-state index >= 15 is 0 Å². The predicted molar refractivity (Wildman–Crippen MR) is 71.7 cm³/mol. The summed E-state index contributed by atoms with van der Waals surface area (Å²) >= 11 is 0. The first-order valence-electron chi connectivity index (χ1n) is 6.64. The Morgan fingerprint density at radius 2 is 2.00 bits per heavy atom. The summed E-state index contributed by atoms with van der Waals surface area (Å²) in [6, 6.07) is 8.86. The summed E-state index contributed by atoms with van der Waals surface area (Å²) in [6.45, 7) is 1.97. The number of nitrogens with zero attached hydrogens (tertiary/aromatic N) is 1. The number of carbonyl (C=O) groups excluding carboxylic acids is 1. The Hall–Kier alpha value is -1.55. The van der Waals surface area contributed by atoms with E-state index in [1.165, 1.54) is 12.8 Å². The Labute approximate surface area is 107 Å². The SMILES string of the molecule is NC(=O)c1ccccc1N1CCC2CCC(C1)N2. The van der Waals surface area contributed by atoms with Gasteiger partial charge in [-0.05, 0) is 31.4 Å². The van der Waals surface area contributed by atoms with Crippen molar-refractivity contribution in [2.75, 3.05) is 18.0 Å². The Morgan fingerprint density at radius 1 is 1.22 bits per heavy atom. The summed E-state index contributed by atoms with van der Waals surface area (Å²) in [4.78, 5) is 13.8. The summed E-state index contributed by atoms with van der Waals surface area (Å²) < 4.78 is 0. The van der Waals surface area contributed by atoms with Crippen LogP contribution < -0.4 is 16.0 Å². The maximum Gasteiger partial charge on any atom is 0.250 e. The molecule has 2 unspecified atom stereocenters. The molecular weight excluding hydrogens is 226 g/mol. The molecule has 0 saturated carbocycles. The van der Waals surface area contributed by atoms with Gasteiger partial charge in [-0.1, -0.05) is 12.1 Å². The zero-order chi connectivity index (χ0) is 12.5. The highest BCUT2D eigenvalue weighted by Gasteiger charge is 2.30. The van der Waals surface area contributed by atoms with Crippen LogP contribution in [0, 0.1) is 0 Å². The Morgan fingerprint density at radius 3 is 2.83 bits per heavy atom. The number of benzene rings is 1. The van der Waals surface area contributed by atoms with Crippen molar-refractivity contribution >= 4 is 11.6 Å². The van der Waals surface area contributed by atoms with Gasteiger partial charge < -0.3 is 16.0 Å². The largest absolute Gasteiger partial charge is 0.369 e. The third-order valence-corrected chi connectivity index (χ3v) is 4.03. The lowest BCUT2D eigenvalue weighted by molar-refractivity contribution is 0.100. The summed E-state index contributed by atoms with van der Waals surface area (Å²) in [5, 5.41) is 3.64. The summed E-state index contributed by atoms with van der Waals surface area (Å²) in [5.41, 5.74) is 7.08. The molecule has 2 saturated heterocycles. The standard InChI is InChI=1S/C14H19N3O/c15-14(18)12-3-1-2-4-13(12)17-8-7-10-5-6-11(9-17)16-10/h1-4,10-11,16H,5-9H2,(H2,15,18). The minimum atomic E-state index is -0.340. The van der Waals surface area contributed by atoms with E-state index in [0.29, 0.717) is 17.6 Å². The first-order valence-corrected chi connectivity index (χ1v) is 6.64. The Balaban J connectivity index is 1.88. The van der Waals surface area contributed by atoms with Gasteiger partial charge in [0.05, 0.1) is 5.56 Å². The van der Waals surface area contributed by atoms with Crippen LogP contribution in [0.1, 0.15) is 29.6 Å². The van der Waals surface area contributed by atoms with Crippen LogP contribution in [0.4, 0.5) is 5.69 Å². The van der Waals surface area contributed by atoms with Gasteiger partial charge in [-0.3, -0.25) is 4.79 Å². The van der Waals surface area contributed by atoms with Crippen LogP contribution in [0.25, 0.3) is 0 Å². The number of primary amides is 1. The van der Waals surface area contributed by atoms with Crippen LogP contribution in [-0.2, 0) is 0 Å². The number of carbonyl (C=O) groups is 1. The van der Waals surface area contributed by atoms with Gasteiger partial charge >= 0.3 is 0 Å². The molecule has 3 rings (SSSR count). The van der Waals surface area contributed by atoms with Gasteiger partial charge in [-0.15, -0.1) is 0 Å². The van der Waals surface area contributed by atoms with Crippen LogP contribution in [0.15, 0.2) is 24.3 Å². The van der Waals surface area contributed by atoms with Gasteiger partial charge in [0.1, 0.15) is 0 Å². The summed E-state index contributed by atoms with van der Waals surface area (Å²) in [5.74, 6) is -0.340. The van der Waals surface area contributed by atoms with Gasteiger partial charge in [0.15, 0.2) is 0 Å². The van der Waals surface area contributed by atoms with Crippen molar-refractivity contribution in [3.05, 3.63) is 29.8 Å². The van der Waals surface area contributed by atoms with Gasteiger partial charge in [0.25, 0.3) is 5.91 Å². The predicted octanol–water partition coefficient (Wildman–Crippen LogP) is 1.12. The molecule has 2 heterocycles. The van der Waals surface area contributed by atoms with Crippen molar-refractivity contribution in [2.45, 2.75) is 31.3 Å². The number of fused-ring (bicyclic) bond motifs is 2. The molecule has 2 atom stereocenters. The number of hydrogen-bond acceptors (Lipinski definition) is 3. The topological polar surface area (TPSA) is 58.4 Å². The molecule has 0 aromatic heterocycles. The third-order valence-electron chi connectivity index (χ3n) is 4.03. The Kier molecular flexibility index (Phi) is 2.96. The minimum absolute atomic E-state index is 0.340. The number of para-hydroxylation sites is 1. The zero-order valence-corrected chi connectivity index (χ0v) is 10.4. The zero-order valence-electron chi connectivity index (χ0n) is 10.4. The fraction of sp³-hybridized carbons (Fsp3) is 0.500. The van der Waals surface area contributed by atoms with E-state index in [9.17, 15) is 4.79 Å². The van der Waals surface area contributed by atoms with E-state index in [4.69, 9.17) is 5.73 Å². The van der Waals surface area contributed by atoms with Crippen LogP contribution in [-0.4, -0.2) is 31.1 Å². The molecule has 1 aromatic rings. The average Bonchev–Trinajstić information content (AvgIpc) is 2.69. The highest BCUT2D eigenvalue weighted by Crippen LogP contribution is 2.26. The number of hydrogen-bond donors (Lipinski definition) is 2. The first-order chi connectivity index (χ1) is 8.74. The number of anilines is 1. The van der Waals surface area contributed by atoms with Crippen molar-refractivity contribution in [3.63, 3.8) is 0 Å². The van der Waals surface area contributed by atoms with Gasteiger partial charge in [-0.2, -0.15) is 0 Å². The summed E-state index contributed by atoms with van der Waals surface area (Å²) in [6.07, 6.45) is 3.67. The molecule has 2 aliphatic heterocycles. The van der Waals surface area contributed by atoms with Crippen LogP contribution in [0.2, 0.25) is 0 Å². The normalized spacial score (nSPS) is 27.0. The molecule has 1 amide bonds. The Bertz CT molecular complexity index is 460. The molecule has 4 heteroatoms. The summed E-state index contributed by atoms with van der Waals surface area (Å²) in [7, 11) is 0. The molecule has 0 aliphatic carbocycles. The van der Waals surface area contributed by atoms with Gasteiger partial charge in [0, 0.05) is 30.9 Å². The van der Waals surface area contributed by atoms with Crippen molar-refractivity contribution < 1.29 is 4.79 Å². The number of nitrogens with two attached hydrogens (primary N) is 1. The minimum Gasteiger partial charge on any atom is -0.369 e. The second kappa shape index (κ2) is 4.61. The number of rotatable bonds is 2. The smallest absolute Gasteiger partial charge is 0.250 e. The van der Waals surface area contributed by atoms with Gasteiger partial charge in [-0.25, -0.2) is 0 Å². The van der Waals surface area contributed by atoms with E-state index in [1.54, 1.807) is 0 Å². The lowest BCUT2D eigenvalue weighted by Crippen LogP contribution is -2.36. The van der Waals surface area contributed by atoms with Crippen molar-refractivity contribution in [3.8, 4) is 0 Å². The van der Waals surface area contributed by atoms with Crippen molar-refractivity contribution in [1.82, 2.24) is 5.32 Å². The van der Waals surface area contributed by atoms with Crippen LogP contribution >= 0.6 is 0 Å². The second-order valence-corrected chi connectivity index (χ2v) is 5.25. The fourth-order valence-corrected chi connectivity index (χ4v) is 3.12. The molecular formula is C14H19N3O. The van der Waals surface area contributed by atoms with E-state index in [-0.39, 0.29) is 5.91 Å². The maximum atomic E-state index is 11.5. The highest BCUT2D eigenvalue weighted by atomic mass is 16.1. The molecule has 2 fully saturated rings. The quantitative estimate of drug-likeness (QED) is 0.821. The molecule has 4 nitrogen and oxygen atoms in total. The van der Waals surface area contributed by atoms with E-state index in [0.717, 1.165) is 25.2 Å². The monoisotopic (exact) mass is 245 g/mol. The molecule has 0 spiro atoms. The second-order valence-electron chi connectivity index (χ2n) is 5.25. The van der Waals surface area contributed by atoms with Gasteiger partial charge in [0.2, 0.25) is 0 Å². The van der Waals surface area contributed by atoms with Crippen LogP contribution in [0.3, 0.4) is 0 Å². The maximum absolute atomic E-state index is 11.5. The number of amides is 1. The lowest BCUT2D eigenvalue weighted by atomic mass is 10.1. The molecule has 2 bridgehead atoms. The molecule has 0 radical (unpaired) electrons. The van der Waals surface area contributed by atoms with Crippen molar-refractivity contribution in [1.29, 1.82) is 0 Å². The molecule has 1 aromatic carbocycles. The van der Waals surface area contributed by atoms with E-state index in [1.807, 2.05) is 24.3 Å².